The molecule has 0 radical (unpaired) electrons. The maximum Gasteiger partial charge on any atom is 0.328 e. The quantitative estimate of drug-likeness (QED) is 0.0430. The lowest BCUT2D eigenvalue weighted by molar-refractivity contribution is -0.143. The third-order valence-corrected chi connectivity index (χ3v) is 8.46. The average Bonchev–Trinajstić information content (AvgIpc) is 3.01. The summed E-state index contributed by atoms with van der Waals surface area (Å²) in [6.07, 6.45) is 35.5. The van der Waals surface area contributed by atoms with E-state index < -0.39 is 30.6 Å². The average molecular weight is 623 g/mol. The lowest BCUT2D eigenvalue weighted by atomic mass is 10.0. The molecule has 1 unspecified atom stereocenters. The van der Waals surface area contributed by atoms with Gasteiger partial charge in [0.15, 0.2) is 0 Å². The summed E-state index contributed by atoms with van der Waals surface area (Å²) < 4.78 is 0. The summed E-state index contributed by atoms with van der Waals surface area (Å²) in [6, 6.07) is -2.14. The number of carboxylic acids is 1. The van der Waals surface area contributed by atoms with Crippen molar-refractivity contribution in [3.63, 3.8) is 0 Å². The SMILES string of the molecule is CCCCCCCCC=CCCCCCCCC(=O)NC(CCCCCCCCCCCCCC)C(=O)N[C@@H](CO)C(=O)O. The second kappa shape index (κ2) is 32.5. The predicted octanol–water partition coefficient (Wildman–Crippen LogP) is 9.16. The summed E-state index contributed by atoms with van der Waals surface area (Å²) in [4.78, 5) is 36.7. The minimum atomic E-state index is -1.37. The van der Waals surface area contributed by atoms with Crippen LogP contribution in [0, 0.1) is 0 Å². The van der Waals surface area contributed by atoms with Crippen molar-refractivity contribution in [1.29, 1.82) is 0 Å². The minimum absolute atomic E-state index is 0.169. The highest BCUT2D eigenvalue weighted by Gasteiger charge is 2.25. The molecule has 2 amide bonds. The monoisotopic (exact) mass is 623 g/mol. The Morgan fingerprint density at radius 2 is 0.955 bits per heavy atom. The topological polar surface area (TPSA) is 116 Å². The Bertz CT molecular complexity index is 712. The highest BCUT2D eigenvalue weighted by molar-refractivity contribution is 5.90. The van der Waals surface area contributed by atoms with Crippen molar-refractivity contribution in [1.82, 2.24) is 10.6 Å². The van der Waals surface area contributed by atoms with Gasteiger partial charge in [0.2, 0.25) is 11.8 Å². The molecule has 0 spiro atoms. The molecule has 0 saturated heterocycles. The molecule has 0 aromatic heterocycles. The first-order valence-corrected chi connectivity index (χ1v) is 18.5. The number of nitrogens with one attached hydrogen (secondary N) is 2. The molecule has 2 atom stereocenters. The van der Waals surface area contributed by atoms with E-state index in [1.807, 2.05) is 0 Å². The summed E-state index contributed by atoms with van der Waals surface area (Å²) in [5.41, 5.74) is 0. The van der Waals surface area contributed by atoms with Gasteiger partial charge in [-0.05, 0) is 38.5 Å². The van der Waals surface area contributed by atoms with Gasteiger partial charge in [0.25, 0.3) is 0 Å². The van der Waals surface area contributed by atoms with Crippen molar-refractivity contribution in [3.8, 4) is 0 Å². The molecule has 7 heteroatoms. The maximum atomic E-state index is 12.8. The third-order valence-electron chi connectivity index (χ3n) is 8.46. The highest BCUT2D eigenvalue weighted by atomic mass is 16.4. The Labute approximate surface area is 270 Å². The Kier molecular flexibility index (Phi) is 31.1. The van der Waals surface area contributed by atoms with Crippen molar-refractivity contribution in [2.45, 2.75) is 199 Å². The van der Waals surface area contributed by atoms with E-state index in [4.69, 9.17) is 0 Å². The summed E-state index contributed by atoms with van der Waals surface area (Å²) in [7, 11) is 0. The molecule has 0 aromatic carbocycles. The molecule has 7 nitrogen and oxygen atoms in total. The van der Waals surface area contributed by atoms with Gasteiger partial charge in [0.05, 0.1) is 6.61 Å². The zero-order valence-corrected chi connectivity index (χ0v) is 28.7. The normalized spacial score (nSPS) is 12.8. The molecule has 0 aliphatic rings. The van der Waals surface area contributed by atoms with Gasteiger partial charge in [-0.3, -0.25) is 9.59 Å². The van der Waals surface area contributed by atoms with Crippen LogP contribution in [0.15, 0.2) is 12.2 Å². The van der Waals surface area contributed by atoms with Crippen molar-refractivity contribution in [3.05, 3.63) is 12.2 Å². The lowest BCUT2D eigenvalue weighted by Gasteiger charge is -2.21. The van der Waals surface area contributed by atoms with Crippen LogP contribution in [0.3, 0.4) is 0 Å². The molecular formula is C37H70N2O5. The fourth-order valence-corrected chi connectivity index (χ4v) is 5.54. The van der Waals surface area contributed by atoms with E-state index in [9.17, 15) is 24.6 Å². The van der Waals surface area contributed by atoms with E-state index in [2.05, 4.69) is 36.6 Å². The van der Waals surface area contributed by atoms with Crippen LogP contribution in [0.25, 0.3) is 0 Å². The molecule has 0 heterocycles. The molecule has 4 N–H and O–H groups in total. The van der Waals surface area contributed by atoms with Crippen molar-refractivity contribution in [2.75, 3.05) is 6.61 Å². The highest BCUT2D eigenvalue weighted by Crippen LogP contribution is 2.14. The van der Waals surface area contributed by atoms with Gasteiger partial charge >= 0.3 is 5.97 Å². The van der Waals surface area contributed by atoms with E-state index in [1.54, 1.807) is 0 Å². The first-order chi connectivity index (χ1) is 21.5. The van der Waals surface area contributed by atoms with Crippen LogP contribution in [0.4, 0.5) is 0 Å². The number of carbonyl (C=O) groups is 3. The summed E-state index contributed by atoms with van der Waals surface area (Å²) in [5, 5.41) is 23.7. The number of aliphatic hydroxyl groups excluding tert-OH is 1. The van der Waals surface area contributed by atoms with Gasteiger partial charge < -0.3 is 20.8 Å². The third kappa shape index (κ3) is 27.6. The van der Waals surface area contributed by atoms with E-state index in [1.165, 1.54) is 109 Å². The first-order valence-electron chi connectivity index (χ1n) is 18.5. The van der Waals surface area contributed by atoms with Crippen molar-refractivity contribution >= 4 is 17.8 Å². The van der Waals surface area contributed by atoms with Crippen LogP contribution in [-0.4, -0.2) is 46.7 Å². The summed E-state index contributed by atoms with van der Waals surface area (Å²) in [5.74, 6) is -1.99. The molecule has 258 valence electrons. The number of allylic oxidation sites excluding steroid dienone is 2. The Morgan fingerprint density at radius 1 is 0.545 bits per heavy atom. The van der Waals surface area contributed by atoms with Crippen LogP contribution >= 0.6 is 0 Å². The fourth-order valence-electron chi connectivity index (χ4n) is 5.54. The van der Waals surface area contributed by atoms with Crippen molar-refractivity contribution in [2.24, 2.45) is 0 Å². The molecule has 0 rings (SSSR count). The Morgan fingerprint density at radius 3 is 1.39 bits per heavy atom. The second-order valence-electron chi connectivity index (χ2n) is 12.7. The number of amides is 2. The second-order valence-corrected chi connectivity index (χ2v) is 12.7. The van der Waals surface area contributed by atoms with Gasteiger partial charge in [-0.1, -0.05) is 154 Å². The number of carboxylic acid groups (broad SMARTS) is 1. The van der Waals surface area contributed by atoms with Crippen LogP contribution in [0.5, 0.6) is 0 Å². The van der Waals surface area contributed by atoms with E-state index in [-0.39, 0.29) is 5.91 Å². The molecule has 44 heavy (non-hydrogen) atoms. The number of hydrogen-bond acceptors (Lipinski definition) is 4. The van der Waals surface area contributed by atoms with Crippen molar-refractivity contribution < 1.29 is 24.6 Å². The number of rotatable bonds is 33. The Balaban J connectivity index is 4.18. The predicted molar refractivity (Wildman–Crippen MR) is 184 cm³/mol. The van der Waals surface area contributed by atoms with Crippen LogP contribution in [-0.2, 0) is 14.4 Å². The minimum Gasteiger partial charge on any atom is -0.480 e. The Hall–Kier alpha value is -1.89. The van der Waals surface area contributed by atoms with E-state index in [0.717, 1.165) is 51.4 Å². The van der Waals surface area contributed by atoms with E-state index in [0.29, 0.717) is 12.8 Å². The molecule has 0 aliphatic carbocycles. The van der Waals surface area contributed by atoms with Gasteiger partial charge in [0.1, 0.15) is 12.1 Å². The van der Waals surface area contributed by atoms with Crippen LogP contribution in [0.2, 0.25) is 0 Å². The fraction of sp³-hybridized carbons (Fsp3) is 0.865. The molecule has 0 aromatic rings. The van der Waals surface area contributed by atoms with Gasteiger partial charge in [-0.25, -0.2) is 4.79 Å². The van der Waals surface area contributed by atoms with Gasteiger partial charge in [-0.2, -0.15) is 0 Å². The first kappa shape index (κ1) is 42.1. The van der Waals surface area contributed by atoms with Gasteiger partial charge in [-0.15, -0.1) is 0 Å². The molecule has 0 fully saturated rings. The van der Waals surface area contributed by atoms with Gasteiger partial charge in [0, 0.05) is 6.42 Å². The maximum absolute atomic E-state index is 12.8. The molecular weight excluding hydrogens is 552 g/mol. The summed E-state index contributed by atoms with van der Waals surface area (Å²) in [6.45, 7) is 3.81. The van der Waals surface area contributed by atoms with Crippen LogP contribution < -0.4 is 10.6 Å². The summed E-state index contributed by atoms with van der Waals surface area (Å²) >= 11 is 0. The number of aliphatic hydroxyl groups is 1. The standard InChI is InChI=1S/C37H70N2O5/c1-3-5-7-9-11-13-15-17-18-19-21-23-25-27-29-31-35(41)38-33(36(42)39-34(32-40)37(43)44)30-28-26-24-22-20-16-14-12-10-8-6-4-2/h17-18,33-34,40H,3-16,19-32H2,1-2H3,(H,38,41)(H,39,42)(H,43,44)/t33?,34-/m0/s1. The van der Waals surface area contributed by atoms with Crippen LogP contribution in [0.1, 0.15) is 187 Å². The number of carbonyl (C=O) groups excluding carboxylic acids is 2. The molecule has 0 saturated carbocycles. The number of aliphatic carboxylic acids is 1. The zero-order chi connectivity index (χ0) is 32.5. The molecule has 0 bridgehead atoms. The number of unbranched alkanes of at least 4 members (excludes halogenated alkanes) is 22. The smallest absolute Gasteiger partial charge is 0.328 e. The van der Waals surface area contributed by atoms with E-state index >= 15 is 0 Å². The largest absolute Gasteiger partial charge is 0.480 e. The number of hydrogen-bond donors (Lipinski definition) is 4. The lowest BCUT2D eigenvalue weighted by Crippen LogP contribution is -2.52. The zero-order valence-electron chi connectivity index (χ0n) is 28.7. The molecule has 0 aliphatic heterocycles.